The van der Waals surface area contributed by atoms with Crippen LogP contribution in [0.2, 0.25) is 0 Å². The Bertz CT molecular complexity index is 1030. The Balaban J connectivity index is 1.87. The molecule has 27 heavy (non-hydrogen) atoms. The van der Waals surface area contributed by atoms with Crippen molar-refractivity contribution < 1.29 is 30.9 Å². The standard InChI is InChI=1S/C18H16F3NO4S/c1-22-8-7-10-3-2-4-12-15(10)13(22)9-11-5-6-14(17(23)16(11)12)26-27(24,25)18(19,20)21/h2-6,13,23H,7-9H2,1H3. The highest BCUT2D eigenvalue weighted by Gasteiger charge is 2.49. The fourth-order valence-electron chi connectivity index (χ4n) is 3.90. The highest BCUT2D eigenvalue weighted by molar-refractivity contribution is 7.88. The third-order valence-corrected chi connectivity index (χ3v) is 6.15. The van der Waals surface area contributed by atoms with E-state index in [1.807, 2.05) is 19.2 Å². The lowest BCUT2D eigenvalue weighted by Gasteiger charge is -2.39. The fraction of sp³-hybridized carbons (Fsp3) is 0.333. The maximum absolute atomic E-state index is 12.6. The van der Waals surface area contributed by atoms with E-state index in [9.17, 15) is 26.7 Å². The topological polar surface area (TPSA) is 66.8 Å². The second kappa shape index (κ2) is 5.87. The van der Waals surface area contributed by atoms with Crippen LogP contribution in [0, 0.1) is 0 Å². The molecule has 0 spiro atoms. The van der Waals surface area contributed by atoms with Crippen molar-refractivity contribution in [2.24, 2.45) is 0 Å². The van der Waals surface area contributed by atoms with E-state index in [-0.39, 0.29) is 6.04 Å². The molecule has 0 fully saturated rings. The molecule has 0 aromatic heterocycles. The van der Waals surface area contributed by atoms with Gasteiger partial charge in [0.15, 0.2) is 11.5 Å². The number of aromatic hydroxyl groups is 1. The van der Waals surface area contributed by atoms with Crippen LogP contribution in [0.25, 0.3) is 11.1 Å². The van der Waals surface area contributed by atoms with Gasteiger partial charge in [-0.05, 0) is 48.2 Å². The summed E-state index contributed by atoms with van der Waals surface area (Å²) in [5.74, 6) is -1.33. The first-order valence-corrected chi connectivity index (χ1v) is 9.69. The number of hydrogen-bond donors (Lipinski definition) is 1. The van der Waals surface area contributed by atoms with E-state index in [0.717, 1.165) is 35.7 Å². The molecule has 2 aromatic rings. The zero-order chi connectivity index (χ0) is 19.6. The molecule has 1 aliphatic carbocycles. The molecular weight excluding hydrogens is 383 g/mol. The van der Waals surface area contributed by atoms with Gasteiger partial charge in [0.2, 0.25) is 0 Å². The van der Waals surface area contributed by atoms with Gasteiger partial charge in [0, 0.05) is 18.2 Å². The van der Waals surface area contributed by atoms with Gasteiger partial charge in [-0.15, -0.1) is 0 Å². The van der Waals surface area contributed by atoms with Crippen LogP contribution in [0.3, 0.4) is 0 Å². The van der Waals surface area contributed by atoms with Gasteiger partial charge in [0.05, 0.1) is 0 Å². The molecule has 1 unspecified atom stereocenters. The highest BCUT2D eigenvalue weighted by atomic mass is 32.2. The molecule has 4 rings (SSSR count). The number of hydrogen-bond acceptors (Lipinski definition) is 5. The van der Waals surface area contributed by atoms with E-state index in [1.165, 1.54) is 6.07 Å². The summed E-state index contributed by atoms with van der Waals surface area (Å²) in [6.07, 6.45) is 1.39. The van der Waals surface area contributed by atoms with Crippen LogP contribution in [0.15, 0.2) is 30.3 Å². The third kappa shape index (κ3) is 2.76. The summed E-state index contributed by atoms with van der Waals surface area (Å²) >= 11 is 0. The van der Waals surface area contributed by atoms with Crippen molar-refractivity contribution >= 4 is 10.1 Å². The molecule has 9 heteroatoms. The zero-order valence-corrected chi connectivity index (χ0v) is 15.1. The van der Waals surface area contributed by atoms with Crippen LogP contribution >= 0.6 is 0 Å². The number of halogens is 3. The molecule has 2 aromatic carbocycles. The predicted octanol–water partition coefficient (Wildman–Crippen LogP) is 3.37. The molecule has 1 atom stereocenters. The minimum absolute atomic E-state index is 0.0996. The highest BCUT2D eigenvalue weighted by Crippen LogP contribution is 2.50. The molecule has 144 valence electrons. The van der Waals surface area contributed by atoms with Gasteiger partial charge in [0.1, 0.15) is 0 Å². The average Bonchev–Trinajstić information content (AvgIpc) is 2.59. The lowest BCUT2D eigenvalue weighted by Crippen LogP contribution is -2.35. The van der Waals surface area contributed by atoms with Crippen molar-refractivity contribution in [2.45, 2.75) is 24.4 Å². The van der Waals surface area contributed by atoms with E-state index >= 15 is 0 Å². The third-order valence-electron chi connectivity index (χ3n) is 5.19. The summed E-state index contributed by atoms with van der Waals surface area (Å²) in [7, 11) is -3.86. The number of phenols is 1. The maximum atomic E-state index is 12.6. The second-order valence-electron chi connectivity index (χ2n) is 6.76. The van der Waals surface area contributed by atoms with E-state index in [0.29, 0.717) is 17.5 Å². The van der Waals surface area contributed by atoms with Gasteiger partial charge < -0.3 is 9.29 Å². The molecule has 0 bridgehead atoms. The van der Waals surface area contributed by atoms with Gasteiger partial charge in [-0.2, -0.15) is 21.6 Å². The number of benzene rings is 2. The van der Waals surface area contributed by atoms with Crippen molar-refractivity contribution in [3.8, 4) is 22.6 Å². The summed E-state index contributed by atoms with van der Waals surface area (Å²) in [6, 6.07) is 8.27. The number of fused-ring (bicyclic) bond motifs is 2. The molecule has 0 amide bonds. The van der Waals surface area contributed by atoms with Gasteiger partial charge in [-0.3, -0.25) is 4.90 Å². The summed E-state index contributed by atoms with van der Waals surface area (Å²) in [4.78, 5) is 2.20. The summed E-state index contributed by atoms with van der Waals surface area (Å²) in [6.45, 7) is 0.882. The van der Waals surface area contributed by atoms with Gasteiger partial charge >= 0.3 is 15.6 Å². The van der Waals surface area contributed by atoms with E-state index in [2.05, 4.69) is 9.08 Å². The van der Waals surface area contributed by atoms with Crippen LogP contribution in [-0.4, -0.2) is 37.5 Å². The van der Waals surface area contributed by atoms with Crippen molar-refractivity contribution in [1.29, 1.82) is 0 Å². The summed E-state index contributed by atoms with van der Waals surface area (Å²) in [5.41, 5.74) is -1.69. The molecule has 2 aliphatic rings. The van der Waals surface area contributed by atoms with Gasteiger partial charge in [0.25, 0.3) is 0 Å². The maximum Gasteiger partial charge on any atom is 0.534 e. The van der Waals surface area contributed by atoms with Crippen LogP contribution < -0.4 is 4.18 Å². The lowest BCUT2D eigenvalue weighted by atomic mass is 9.77. The fourth-order valence-corrected chi connectivity index (χ4v) is 4.36. The second-order valence-corrected chi connectivity index (χ2v) is 8.30. The summed E-state index contributed by atoms with van der Waals surface area (Å²) < 4.78 is 64.7. The Kier molecular flexibility index (Phi) is 3.94. The molecule has 5 nitrogen and oxygen atoms in total. The van der Waals surface area contributed by atoms with E-state index in [4.69, 9.17) is 0 Å². The molecular formula is C18H16F3NO4S. The first-order valence-electron chi connectivity index (χ1n) is 8.28. The average molecular weight is 399 g/mol. The van der Waals surface area contributed by atoms with Crippen molar-refractivity contribution in [3.63, 3.8) is 0 Å². The van der Waals surface area contributed by atoms with Gasteiger partial charge in [-0.1, -0.05) is 24.3 Å². The van der Waals surface area contributed by atoms with E-state index < -0.39 is 27.1 Å². The number of nitrogens with zero attached hydrogens (tertiary/aromatic N) is 1. The quantitative estimate of drug-likeness (QED) is 0.620. The SMILES string of the molecule is CN1CCc2cccc3c2C1Cc1ccc(OS(=O)(=O)C(F)(F)F)c(O)c1-3. The van der Waals surface area contributed by atoms with Crippen LogP contribution in [-0.2, 0) is 23.0 Å². The van der Waals surface area contributed by atoms with Crippen molar-refractivity contribution in [3.05, 3.63) is 47.0 Å². The molecule has 0 saturated heterocycles. The Morgan fingerprint density at radius 2 is 1.93 bits per heavy atom. The molecule has 0 radical (unpaired) electrons. The molecule has 0 saturated carbocycles. The van der Waals surface area contributed by atoms with Crippen LogP contribution in [0.5, 0.6) is 11.5 Å². The minimum Gasteiger partial charge on any atom is -0.504 e. The van der Waals surface area contributed by atoms with E-state index in [1.54, 1.807) is 6.07 Å². The number of rotatable bonds is 2. The van der Waals surface area contributed by atoms with Crippen molar-refractivity contribution in [2.75, 3.05) is 13.6 Å². The Labute approximate surface area is 154 Å². The van der Waals surface area contributed by atoms with Crippen LogP contribution in [0.1, 0.15) is 22.7 Å². The normalized spacial score (nSPS) is 19.3. The first-order chi connectivity index (χ1) is 12.6. The monoisotopic (exact) mass is 399 g/mol. The number of alkyl halides is 3. The molecule has 1 N–H and O–H groups in total. The molecule has 1 heterocycles. The predicted molar refractivity (Wildman–Crippen MR) is 91.9 cm³/mol. The smallest absolute Gasteiger partial charge is 0.504 e. The largest absolute Gasteiger partial charge is 0.534 e. The number of phenolic OH excluding ortho intramolecular Hbond substituents is 1. The first kappa shape index (κ1) is 18.1. The Hall–Kier alpha value is -2.26. The zero-order valence-electron chi connectivity index (χ0n) is 14.2. The molecule has 1 aliphatic heterocycles. The van der Waals surface area contributed by atoms with Crippen molar-refractivity contribution in [1.82, 2.24) is 4.90 Å². The minimum atomic E-state index is -5.87. The Morgan fingerprint density at radius 3 is 2.63 bits per heavy atom. The van der Waals surface area contributed by atoms with Gasteiger partial charge in [-0.25, -0.2) is 0 Å². The number of likely N-dealkylation sites (N-methyl/N-ethyl adjacent to an activating group) is 1. The van der Waals surface area contributed by atoms with Crippen LogP contribution in [0.4, 0.5) is 13.2 Å². The lowest BCUT2D eigenvalue weighted by molar-refractivity contribution is -0.0500. The Morgan fingerprint density at radius 1 is 1.19 bits per heavy atom. The summed E-state index contributed by atoms with van der Waals surface area (Å²) in [5, 5.41) is 10.6.